The van der Waals surface area contributed by atoms with Crippen LogP contribution in [-0.2, 0) is 9.53 Å². The Hall–Kier alpha value is -1.82. The SMILES string of the molecule is CCOC(=O)CCOc1c(Cl)cccc1[N+](=O)[O-]. The number of para-hydroxylation sites is 1. The Kier molecular flexibility index (Phi) is 5.38. The van der Waals surface area contributed by atoms with E-state index in [1.165, 1.54) is 18.2 Å². The minimum atomic E-state index is -0.592. The number of carbonyl (C=O) groups excluding carboxylic acids is 1. The van der Waals surface area contributed by atoms with Gasteiger partial charge in [-0.1, -0.05) is 17.7 Å². The first kappa shape index (κ1) is 14.2. The Morgan fingerprint density at radius 3 is 2.83 bits per heavy atom. The first-order chi connectivity index (χ1) is 8.56. The molecule has 0 spiro atoms. The summed E-state index contributed by atoms with van der Waals surface area (Å²) in [5.41, 5.74) is -0.230. The minimum Gasteiger partial charge on any atom is -0.485 e. The van der Waals surface area contributed by atoms with Gasteiger partial charge in [0, 0.05) is 6.07 Å². The smallest absolute Gasteiger partial charge is 0.312 e. The second kappa shape index (κ2) is 6.80. The molecule has 0 aliphatic carbocycles. The van der Waals surface area contributed by atoms with Gasteiger partial charge < -0.3 is 9.47 Å². The van der Waals surface area contributed by atoms with Crippen molar-refractivity contribution >= 4 is 23.3 Å². The maximum atomic E-state index is 11.1. The summed E-state index contributed by atoms with van der Waals surface area (Å²) in [6.07, 6.45) is 0.0101. The highest BCUT2D eigenvalue weighted by atomic mass is 35.5. The lowest BCUT2D eigenvalue weighted by molar-refractivity contribution is -0.385. The van der Waals surface area contributed by atoms with Crippen LogP contribution < -0.4 is 4.74 Å². The van der Waals surface area contributed by atoms with Crippen LogP contribution in [0.25, 0.3) is 0 Å². The Labute approximate surface area is 109 Å². The lowest BCUT2D eigenvalue weighted by Crippen LogP contribution is -2.10. The molecular weight excluding hydrogens is 262 g/mol. The topological polar surface area (TPSA) is 78.7 Å². The number of hydrogen-bond acceptors (Lipinski definition) is 5. The summed E-state index contributed by atoms with van der Waals surface area (Å²) < 4.78 is 9.87. The number of benzene rings is 1. The van der Waals surface area contributed by atoms with Crippen LogP contribution in [0, 0.1) is 10.1 Å². The molecule has 0 amide bonds. The molecule has 0 bridgehead atoms. The largest absolute Gasteiger partial charge is 0.485 e. The van der Waals surface area contributed by atoms with Gasteiger partial charge in [0.1, 0.15) is 0 Å². The van der Waals surface area contributed by atoms with Crippen LogP contribution in [0.5, 0.6) is 5.75 Å². The highest BCUT2D eigenvalue weighted by Gasteiger charge is 2.18. The number of esters is 1. The maximum Gasteiger partial charge on any atom is 0.312 e. The van der Waals surface area contributed by atoms with Crippen molar-refractivity contribution < 1.29 is 19.2 Å². The first-order valence-electron chi connectivity index (χ1n) is 5.27. The van der Waals surface area contributed by atoms with Crippen molar-refractivity contribution in [2.45, 2.75) is 13.3 Å². The molecule has 7 heteroatoms. The molecule has 0 aliphatic heterocycles. The summed E-state index contributed by atoms with van der Waals surface area (Å²) in [6, 6.07) is 4.22. The van der Waals surface area contributed by atoms with E-state index in [1.807, 2.05) is 0 Å². The van der Waals surface area contributed by atoms with Crippen molar-refractivity contribution in [1.29, 1.82) is 0 Å². The van der Waals surface area contributed by atoms with Gasteiger partial charge in [-0.15, -0.1) is 0 Å². The van der Waals surface area contributed by atoms with E-state index in [2.05, 4.69) is 0 Å². The summed E-state index contributed by atoms with van der Waals surface area (Å²) >= 11 is 5.80. The van der Waals surface area contributed by atoms with Crippen LogP contribution in [0.4, 0.5) is 5.69 Å². The lowest BCUT2D eigenvalue weighted by Gasteiger charge is -2.07. The average molecular weight is 274 g/mol. The quantitative estimate of drug-likeness (QED) is 0.452. The van der Waals surface area contributed by atoms with Crippen LogP contribution in [0.2, 0.25) is 5.02 Å². The van der Waals surface area contributed by atoms with Crippen molar-refractivity contribution in [1.82, 2.24) is 0 Å². The van der Waals surface area contributed by atoms with Gasteiger partial charge in [-0.2, -0.15) is 0 Å². The summed E-state index contributed by atoms with van der Waals surface area (Å²) in [6.45, 7) is 1.95. The van der Waals surface area contributed by atoms with E-state index >= 15 is 0 Å². The van der Waals surface area contributed by atoms with Crippen molar-refractivity contribution in [3.05, 3.63) is 33.3 Å². The van der Waals surface area contributed by atoms with Crippen molar-refractivity contribution in [3.8, 4) is 5.75 Å². The minimum absolute atomic E-state index is 0.0101. The molecule has 0 radical (unpaired) electrons. The number of hydrogen-bond donors (Lipinski definition) is 0. The summed E-state index contributed by atoms with van der Waals surface area (Å²) in [4.78, 5) is 21.2. The number of carbonyl (C=O) groups is 1. The van der Waals surface area contributed by atoms with E-state index in [-0.39, 0.29) is 36.1 Å². The molecular formula is C11H12ClNO5. The highest BCUT2D eigenvalue weighted by molar-refractivity contribution is 6.32. The highest BCUT2D eigenvalue weighted by Crippen LogP contribution is 2.34. The van der Waals surface area contributed by atoms with Crippen molar-refractivity contribution in [2.75, 3.05) is 13.2 Å². The fourth-order valence-corrected chi connectivity index (χ4v) is 1.48. The second-order valence-corrected chi connectivity index (χ2v) is 3.66. The zero-order valence-electron chi connectivity index (χ0n) is 9.72. The monoisotopic (exact) mass is 273 g/mol. The summed E-state index contributed by atoms with van der Waals surface area (Å²) in [5, 5.41) is 10.9. The Bertz CT molecular complexity index is 449. The molecule has 1 rings (SSSR count). The third-order valence-electron chi connectivity index (χ3n) is 2.00. The second-order valence-electron chi connectivity index (χ2n) is 3.25. The van der Waals surface area contributed by atoms with Gasteiger partial charge in [0.15, 0.2) is 0 Å². The Balaban J connectivity index is 2.67. The predicted molar refractivity (Wildman–Crippen MR) is 64.9 cm³/mol. The third-order valence-corrected chi connectivity index (χ3v) is 2.30. The number of rotatable bonds is 6. The molecule has 0 fully saturated rings. The van der Waals surface area contributed by atoms with E-state index in [1.54, 1.807) is 6.92 Å². The molecule has 6 nitrogen and oxygen atoms in total. The van der Waals surface area contributed by atoms with E-state index in [9.17, 15) is 14.9 Å². The number of nitro groups is 1. The molecule has 0 aromatic heterocycles. The molecule has 0 N–H and O–H groups in total. The molecule has 0 unspecified atom stereocenters. The van der Waals surface area contributed by atoms with Gasteiger partial charge in [-0.25, -0.2) is 0 Å². The van der Waals surface area contributed by atoms with Crippen LogP contribution >= 0.6 is 11.6 Å². The predicted octanol–water partition coefficient (Wildman–Crippen LogP) is 2.58. The van der Waals surface area contributed by atoms with Gasteiger partial charge in [-0.3, -0.25) is 14.9 Å². The molecule has 0 atom stereocenters. The van der Waals surface area contributed by atoms with Gasteiger partial charge in [0.25, 0.3) is 0 Å². The van der Waals surface area contributed by atoms with Gasteiger partial charge in [-0.05, 0) is 13.0 Å². The molecule has 0 heterocycles. The Morgan fingerprint density at radius 1 is 1.50 bits per heavy atom. The van der Waals surface area contributed by atoms with Crippen molar-refractivity contribution in [3.63, 3.8) is 0 Å². The van der Waals surface area contributed by atoms with Gasteiger partial charge in [0.2, 0.25) is 5.75 Å². The average Bonchev–Trinajstić information content (AvgIpc) is 2.31. The van der Waals surface area contributed by atoms with E-state index < -0.39 is 10.9 Å². The molecule has 0 saturated carbocycles. The van der Waals surface area contributed by atoms with Gasteiger partial charge >= 0.3 is 11.7 Å². The van der Waals surface area contributed by atoms with Crippen molar-refractivity contribution in [2.24, 2.45) is 0 Å². The molecule has 0 saturated heterocycles. The molecule has 1 aromatic rings. The first-order valence-corrected chi connectivity index (χ1v) is 5.65. The maximum absolute atomic E-state index is 11.1. The molecule has 1 aromatic carbocycles. The normalized spacial score (nSPS) is 9.89. The zero-order chi connectivity index (χ0) is 13.5. The van der Waals surface area contributed by atoms with E-state index in [0.717, 1.165) is 0 Å². The number of ether oxygens (including phenoxy) is 2. The third kappa shape index (κ3) is 3.89. The van der Waals surface area contributed by atoms with Crippen LogP contribution in [-0.4, -0.2) is 24.1 Å². The zero-order valence-corrected chi connectivity index (χ0v) is 10.5. The lowest BCUT2D eigenvalue weighted by atomic mass is 10.3. The molecule has 0 aliphatic rings. The molecule has 18 heavy (non-hydrogen) atoms. The Morgan fingerprint density at radius 2 is 2.22 bits per heavy atom. The van der Waals surface area contributed by atoms with Gasteiger partial charge in [0.05, 0.1) is 29.6 Å². The van der Waals surface area contributed by atoms with E-state index in [0.29, 0.717) is 0 Å². The summed E-state index contributed by atoms with van der Waals surface area (Å²) in [7, 11) is 0. The van der Waals surface area contributed by atoms with Crippen LogP contribution in [0.1, 0.15) is 13.3 Å². The number of nitrogens with zero attached hydrogens (tertiary/aromatic N) is 1. The van der Waals surface area contributed by atoms with Crippen LogP contribution in [0.3, 0.4) is 0 Å². The standard InChI is InChI=1S/C11H12ClNO5/c1-2-17-10(14)6-7-18-11-8(12)4-3-5-9(11)13(15)16/h3-5H,2,6-7H2,1H3. The number of nitro benzene ring substituents is 1. The fraction of sp³-hybridized carbons (Fsp3) is 0.364. The van der Waals surface area contributed by atoms with E-state index in [4.69, 9.17) is 21.1 Å². The molecule has 98 valence electrons. The van der Waals surface area contributed by atoms with Crippen LogP contribution in [0.15, 0.2) is 18.2 Å². The fourth-order valence-electron chi connectivity index (χ4n) is 1.25. The number of halogens is 1. The summed E-state index contributed by atoms with van der Waals surface area (Å²) in [5.74, 6) is -0.458.